The van der Waals surface area contributed by atoms with Crippen LogP contribution in [0.25, 0.3) is 0 Å². The maximum absolute atomic E-state index is 12.8. The van der Waals surface area contributed by atoms with Crippen LogP contribution in [-0.4, -0.2) is 27.3 Å². The molecule has 0 fully saturated rings. The minimum Gasteiger partial charge on any atom is -0.496 e. The second-order valence-corrected chi connectivity index (χ2v) is 3.45. The molecule has 0 aliphatic rings. The summed E-state index contributed by atoms with van der Waals surface area (Å²) >= 11 is 0. The van der Waals surface area contributed by atoms with Gasteiger partial charge in [0.1, 0.15) is 5.82 Å². The van der Waals surface area contributed by atoms with Gasteiger partial charge in [0.05, 0.1) is 12.4 Å². The van der Waals surface area contributed by atoms with Crippen molar-refractivity contribution in [1.29, 1.82) is 0 Å². The Hall–Kier alpha value is -1.24. The van der Waals surface area contributed by atoms with E-state index in [1.54, 1.807) is 0 Å². The molecule has 7 heteroatoms. The first-order chi connectivity index (χ1) is 7.95. The number of hydrogen-bond donors (Lipinski definition) is 0. The summed E-state index contributed by atoms with van der Waals surface area (Å²) < 4.78 is 60.3. The fraction of sp³-hybridized carbons (Fsp3) is 0.400. The van der Waals surface area contributed by atoms with Crippen LogP contribution in [0.3, 0.4) is 0 Å². The van der Waals surface area contributed by atoms with E-state index < -0.39 is 24.0 Å². The topological polar surface area (TPSA) is 18.5 Å². The molecule has 0 heterocycles. The molecule has 0 aliphatic carbocycles. The molecule has 0 aliphatic heterocycles. The van der Waals surface area contributed by atoms with Crippen molar-refractivity contribution in [2.75, 3.05) is 20.3 Å². The highest BCUT2D eigenvalue weighted by molar-refractivity contribution is 6.74. The van der Waals surface area contributed by atoms with Crippen LogP contribution < -0.4 is 10.2 Å². The first-order valence-corrected chi connectivity index (χ1v) is 5.06. The summed E-state index contributed by atoms with van der Waals surface area (Å²) in [5, 5.41) is 0. The third-order valence-electron chi connectivity index (χ3n) is 2.08. The average molecular weight is 251 g/mol. The summed E-state index contributed by atoms with van der Waals surface area (Å²) in [7, 11) is 1.48. The van der Waals surface area contributed by atoms with Crippen LogP contribution in [0.5, 0.6) is 5.75 Å². The summed E-state index contributed by atoms with van der Waals surface area (Å²) in [6.07, 6.45) is 0.442. The van der Waals surface area contributed by atoms with Gasteiger partial charge in [-0.2, -0.15) is 0 Å². The summed E-state index contributed by atoms with van der Waals surface area (Å²) in [6.45, 7) is -4.77. The highest BCUT2D eigenvalue weighted by atomic mass is 19.4. The Morgan fingerprint density at radius 1 is 1.18 bits per heavy atom. The summed E-state index contributed by atoms with van der Waals surface area (Å²) in [4.78, 5) is 0. The molecule has 0 radical (unpaired) electrons. The molecule has 1 rings (SSSR count). The van der Waals surface area contributed by atoms with Gasteiger partial charge in [-0.3, -0.25) is 0 Å². The van der Waals surface area contributed by atoms with Gasteiger partial charge in [-0.25, -0.2) is 4.39 Å². The summed E-state index contributed by atoms with van der Waals surface area (Å²) in [5.74, 6) is -1.22. The van der Waals surface area contributed by atoms with E-state index >= 15 is 0 Å². The molecule has 0 unspecified atom stereocenters. The van der Waals surface area contributed by atoms with Crippen LogP contribution in [0.2, 0.25) is 0 Å². The quantitative estimate of drug-likeness (QED) is 0.438. The molecule has 0 bridgehead atoms. The van der Waals surface area contributed by atoms with E-state index in [4.69, 9.17) is 9.47 Å². The van der Waals surface area contributed by atoms with Crippen LogP contribution in [-0.2, 0) is 4.74 Å². The second-order valence-electron chi connectivity index (χ2n) is 3.45. The lowest BCUT2D eigenvalue weighted by Crippen LogP contribution is -2.35. The Balaban J connectivity index is 2.77. The van der Waals surface area contributed by atoms with Crippen LogP contribution in [0, 0.1) is 5.82 Å². The van der Waals surface area contributed by atoms with Crippen molar-refractivity contribution < 1.29 is 26.8 Å². The number of hydrogen-bond acceptors (Lipinski definition) is 2. The first-order valence-electron chi connectivity index (χ1n) is 5.06. The lowest BCUT2D eigenvalue weighted by atomic mass is 9.79. The maximum atomic E-state index is 12.8. The predicted octanol–water partition coefficient (Wildman–Crippen LogP) is 2.30. The lowest BCUT2D eigenvalue weighted by Gasteiger charge is -2.19. The van der Waals surface area contributed by atoms with E-state index in [9.17, 15) is 17.3 Å². The van der Waals surface area contributed by atoms with E-state index in [-0.39, 0.29) is 6.61 Å². The largest absolute Gasteiger partial charge is 0.513 e. The van der Waals surface area contributed by atoms with Crippen molar-refractivity contribution in [3.8, 4) is 5.75 Å². The van der Waals surface area contributed by atoms with Gasteiger partial charge in [0.25, 0.3) is 0 Å². The summed E-state index contributed by atoms with van der Waals surface area (Å²) in [6, 6.07) is 2.21. The van der Waals surface area contributed by atoms with Crippen molar-refractivity contribution in [1.82, 2.24) is 0 Å². The Labute approximate surface area is 96.6 Å². The smallest absolute Gasteiger partial charge is 0.496 e. The molecule has 0 amide bonds. The fourth-order valence-corrected chi connectivity index (χ4v) is 1.29. The zero-order valence-electron chi connectivity index (χ0n) is 9.26. The van der Waals surface area contributed by atoms with Crippen LogP contribution in [0.15, 0.2) is 18.2 Å². The number of rotatable bonds is 6. The van der Waals surface area contributed by atoms with Gasteiger partial charge in [-0.05, 0) is 6.07 Å². The third-order valence-corrected chi connectivity index (χ3v) is 2.08. The first kappa shape index (κ1) is 13.8. The average Bonchev–Trinajstić information content (AvgIpc) is 2.23. The standard InChI is InChI=1S/C10H12BF4O2/c1-16-5-2-6-17-10-7-8(12)3-4-9(10)11(13,14)15/h3-4,7H,2,5-6H2,1H3/q-1. The van der Waals surface area contributed by atoms with E-state index in [0.717, 1.165) is 12.1 Å². The molecule has 0 N–H and O–H groups in total. The van der Waals surface area contributed by atoms with Crippen LogP contribution in [0.1, 0.15) is 6.42 Å². The van der Waals surface area contributed by atoms with Gasteiger partial charge in [0.2, 0.25) is 0 Å². The molecule has 96 valence electrons. The van der Waals surface area contributed by atoms with Crippen molar-refractivity contribution in [2.24, 2.45) is 0 Å². The normalized spacial score (nSPS) is 11.6. The SMILES string of the molecule is COCCCOc1cc(F)ccc1[B-](F)(F)F. The van der Waals surface area contributed by atoms with E-state index in [1.165, 1.54) is 7.11 Å². The van der Waals surface area contributed by atoms with Crippen LogP contribution in [0.4, 0.5) is 17.3 Å². The van der Waals surface area contributed by atoms with Gasteiger partial charge in [-0.1, -0.05) is 11.5 Å². The molecule has 0 aromatic heterocycles. The van der Waals surface area contributed by atoms with Crippen LogP contribution >= 0.6 is 0 Å². The monoisotopic (exact) mass is 251 g/mol. The van der Waals surface area contributed by atoms with E-state index in [1.807, 2.05) is 0 Å². The Kier molecular flexibility index (Phi) is 4.80. The predicted molar refractivity (Wildman–Crippen MR) is 57.1 cm³/mol. The Bertz CT molecular complexity index is 368. The van der Waals surface area contributed by atoms with Gasteiger partial charge in [0.15, 0.2) is 0 Å². The van der Waals surface area contributed by atoms with Gasteiger partial charge >= 0.3 is 6.98 Å². The van der Waals surface area contributed by atoms with Crippen molar-refractivity contribution in [2.45, 2.75) is 6.42 Å². The number of halogens is 4. The highest BCUT2D eigenvalue weighted by Crippen LogP contribution is 2.19. The highest BCUT2D eigenvalue weighted by Gasteiger charge is 2.29. The minimum atomic E-state index is -5.20. The van der Waals surface area contributed by atoms with Gasteiger partial charge in [-0.15, -0.1) is 0 Å². The van der Waals surface area contributed by atoms with Crippen molar-refractivity contribution in [3.63, 3.8) is 0 Å². The lowest BCUT2D eigenvalue weighted by molar-refractivity contribution is 0.172. The molecule has 0 saturated heterocycles. The second kappa shape index (κ2) is 5.91. The van der Waals surface area contributed by atoms with Gasteiger partial charge < -0.3 is 22.4 Å². The molecule has 0 spiro atoms. The molecular weight excluding hydrogens is 239 g/mol. The number of ether oxygens (including phenoxy) is 2. The molecule has 0 saturated carbocycles. The van der Waals surface area contributed by atoms with E-state index in [0.29, 0.717) is 19.1 Å². The maximum Gasteiger partial charge on any atom is 0.513 e. The van der Waals surface area contributed by atoms with Crippen molar-refractivity contribution >= 4 is 12.4 Å². The fourth-order valence-electron chi connectivity index (χ4n) is 1.29. The molecular formula is C10H12BF4O2-. The molecule has 17 heavy (non-hydrogen) atoms. The number of benzene rings is 1. The van der Waals surface area contributed by atoms with E-state index in [2.05, 4.69) is 0 Å². The third kappa shape index (κ3) is 4.26. The summed E-state index contributed by atoms with van der Waals surface area (Å²) in [5.41, 5.74) is -0.913. The Morgan fingerprint density at radius 3 is 2.47 bits per heavy atom. The minimum absolute atomic E-state index is 0.0520. The van der Waals surface area contributed by atoms with Gasteiger partial charge in [0, 0.05) is 26.2 Å². The zero-order chi connectivity index (χ0) is 12.9. The Morgan fingerprint density at radius 2 is 1.88 bits per heavy atom. The molecule has 2 nitrogen and oxygen atoms in total. The molecule has 1 aromatic carbocycles. The van der Waals surface area contributed by atoms with Crippen molar-refractivity contribution in [3.05, 3.63) is 24.0 Å². The molecule has 0 atom stereocenters. The molecule has 1 aromatic rings. The zero-order valence-corrected chi connectivity index (χ0v) is 9.26. The number of methoxy groups -OCH3 is 1.